The van der Waals surface area contributed by atoms with Crippen molar-refractivity contribution >= 4 is 0 Å². The van der Waals surface area contributed by atoms with E-state index in [9.17, 15) is 0 Å². The van der Waals surface area contributed by atoms with Crippen LogP contribution in [0.4, 0.5) is 0 Å². The maximum Gasteiger partial charge on any atom is 0.0682 e. The van der Waals surface area contributed by atoms with Crippen LogP contribution in [0.5, 0.6) is 0 Å². The monoisotopic (exact) mass is 243 g/mol. The van der Waals surface area contributed by atoms with Crippen molar-refractivity contribution < 1.29 is 0 Å². The Balaban J connectivity index is 2.17. The highest BCUT2D eigenvalue weighted by Crippen LogP contribution is 2.19. The highest BCUT2D eigenvalue weighted by molar-refractivity contribution is 5.59. The van der Waals surface area contributed by atoms with E-state index >= 15 is 0 Å². The van der Waals surface area contributed by atoms with Crippen molar-refractivity contribution in [3.8, 4) is 11.3 Å². The van der Waals surface area contributed by atoms with E-state index in [1.807, 2.05) is 17.9 Å². The van der Waals surface area contributed by atoms with Gasteiger partial charge in [-0.2, -0.15) is 5.10 Å². The third kappa shape index (κ3) is 2.79. The van der Waals surface area contributed by atoms with Crippen LogP contribution in [-0.4, -0.2) is 22.9 Å². The Kier molecular flexibility index (Phi) is 4.15. The Labute approximate surface area is 109 Å². The number of likely N-dealkylation sites (N-methyl/N-ethyl adjacent to an activating group) is 1. The molecule has 2 aromatic rings. The van der Waals surface area contributed by atoms with Gasteiger partial charge in [0, 0.05) is 18.8 Å². The van der Waals surface area contributed by atoms with Crippen molar-refractivity contribution in [1.82, 2.24) is 15.1 Å². The van der Waals surface area contributed by atoms with Crippen molar-refractivity contribution in [3.05, 3.63) is 42.1 Å². The zero-order valence-electron chi connectivity index (χ0n) is 11.4. The van der Waals surface area contributed by atoms with Gasteiger partial charge < -0.3 is 5.32 Å². The molecule has 1 unspecified atom stereocenters. The summed E-state index contributed by atoms with van der Waals surface area (Å²) in [6.07, 6.45) is 2.92. The quantitative estimate of drug-likeness (QED) is 0.875. The summed E-state index contributed by atoms with van der Waals surface area (Å²) in [7, 11) is 2.00. The molecule has 3 heteroatoms. The summed E-state index contributed by atoms with van der Waals surface area (Å²) >= 11 is 0. The van der Waals surface area contributed by atoms with Gasteiger partial charge in [0.25, 0.3) is 0 Å². The summed E-state index contributed by atoms with van der Waals surface area (Å²) in [4.78, 5) is 0. The molecule has 18 heavy (non-hydrogen) atoms. The molecule has 1 aromatic carbocycles. The third-order valence-corrected chi connectivity index (χ3v) is 3.30. The van der Waals surface area contributed by atoms with Gasteiger partial charge in [-0.1, -0.05) is 24.3 Å². The molecule has 0 spiro atoms. The molecule has 96 valence electrons. The molecule has 0 aliphatic heterocycles. The standard InChI is InChI=1S/C15H21N3/c1-4-18-15(9-10-17-18)14-7-5-13(6-8-14)11-12(2)16-3/h5-10,12,16H,4,11H2,1-3H3. The first-order valence-corrected chi connectivity index (χ1v) is 6.53. The molecule has 0 saturated heterocycles. The van der Waals surface area contributed by atoms with Crippen molar-refractivity contribution in [3.63, 3.8) is 0 Å². The fourth-order valence-electron chi connectivity index (χ4n) is 2.10. The summed E-state index contributed by atoms with van der Waals surface area (Å²) in [6.45, 7) is 5.21. The minimum Gasteiger partial charge on any atom is -0.317 e. The van der Waals surface area contributed by atoms with E-state index in [0.29, 0.717) is 6.04 Å². The molecule has 1 atom stereocenters. The van der Waals surface area contributed by atoms with Gasteiger partial charge in [-0.15, -0.1) is 0 Å². The summed E-state index contributed by atoms with van der Waals surface area (Å²) in [5.74, 6) is 0. The molecule has 0 bridgehead atoms. The molecule has 0 saturated carbocycles. The van der Waals surface area contributed by atoms with Gasteiger partial charge >= 0.3 is 0 Å². The molecule has 3 nitrogen and oxygen atoms in total. The fraction of sp³-hybridized carbons (Fsp3) is 0.400. The van der Waals surface area contributed by atoms with Crippen LogP contribution in [0.3, 0.4) is 0 Å². The Morgan fingerprint density at radius 2 is 1.94 bits per heavy atom. The minimum atomic E-state index is 0.511. The van der Waals surface area contributed by atoms with Crippen LogP contribution in [0.1, 0.15) is 19.4 Å². The van der Waals surface area contributed by atoms with Gasteiger partial charge in [-0.25, -0.2) is 0 Å². The lowest BCUT2D eigenvalue weighted by atomic mass is 10.0. The zero-order valence-corrected chi connectivity index (χ0v) is 11.4. The van der Waals surface area contributed by atoms with Crippen molar-refractivity contribution in [2.45, 2.75) is 32.9 Å². The van der Waals surface area contributed by atoms with Crippen LogP contribution in [0.15, 0.2) is 36.5 Å². The molecular formula is C15H21N3. The summed E-state index contributed by atoms with van der Waals surface area (Å²) < 4.78 is 2.02. The van der Waals surface area contributed by atoms with E-state index in [1.54, 1.807) is 0 Å². The molecule has 0 amide bonds. The summed E-state index contributed by atoms with van der Waals surface area (Å²) in [6, 6.07) is 11.3. The van der Waals surface area contributed by atoms with Gasteiger partial charge in [-0.3, -0.25) is 4.68 Å². The molecule has 1 heterocycles. The number of nitrogens with zero attached hydrogens (tertiary/aromatic N) is 2. The topological polar surface area (TPSA) is 29.9 Å². The zero-order chi connectivity index (χ0) is 13.0. The van der Waals surface area contributed by atoms with E-state index in [4.69, 9.17) is 0 Å². The Morgan fingerprint density at radius 1 is 1.22 bits per heavy atom. The third-order valence-electron chi connectivity index (χ3n) is 3.30. The average molecular weight is 243 g/mol. The lowest BCUT2D eigenvalue weighted by Crippen LogP contribution is -2.23. The van der Waals surface area contributed by atoms with E-state index in [-0.39, 0.29) is 0 Å². The van der Waals surface area contributed by atoms with Gasteiger partial charge in [0.15, 0.2) is 0 Å². The fourth-order valence-corrected chi connectivity index (χ4v) is 2.10. The second kappa shape index (κ2) is 5.83. The van der Waals surface area contributed by atoms with Crippen LogP contribution < -0.4 is 5.32 Å². The first-order chi connectivity index (χ1) is 8.74. The Bertz CT molecular complexity index is 485. The maximum absolute atomic E-state index is 4.30. The summed E-state index contributed by atoms with van der Waals surface area (Å²) in [5.41, 5.74) is 3.78. The number of aryl methyl sites for hydroxylation is 1. The van der Waals surface area contributed by atoms with Gasteiger partial charge in [0.2, 0.25) is 0 Å². The molecular weight excluding hydrogens is 222 g/mol. The normalized spacial score (nSPS) is 12.6. The van der Waals surface area contributed by atoms with Crippen LogP contribution >= 0.6 is 0 Å². The predicted octanol–water partition coefficient (Wildman–Crippen LogP) is 2.72. The average Bonchev–Trinajstić information content (AvgIpc) is 2.87. The smallest absolute Gasteiger partial charge is 0.0682 e. The van der Waals surface area contributed by atoms with Crippen molar-refractivity contribution in [2.24, 2.45) is 0 Å². The molecule has 2 rings (SSSR count). The Hall–Kier alpha value is -1.61. The lowest BCUT2D eigenvalue weighted by Gasteiger charge is -2.10. The maximum atomic E-state index is 4.30. The van der Waals surface area contributed by atoms with Crippen molar-refractivity contribution in [2.75, 3.05) is 7.05 Å². The first kappa shape index (κ1) is 12.8. The Morgan fingerprint density at radius 3 is 2.56 bits per heavy atom. The number of nitrogens with one attached hydrogen (secondary N) is 1. The molecule has 0 aliphatic rings. The van der Waals surface area contributed by atoms with Crippen LogP contribution in [0, 0.1) is 0 Å². The number of hydrogen-bond donors (Lipinski definition) is 1. The predicted molar refractivity (Wildman–Crippen MR) is 75.6 cm³/mol. The van der Waals surface area contributed by atoms with E-state index in [2.05, 4.69) is 54.6 Å². The number of aromatic nitrogens is 2. The van der Waals surface area contributed by atoms with E-state index in [1.165, 1.54) is 16.8 Å². The number of hydrogen-bond acceptors (Lipinski definition) is 2. The second-order valence-corrected chi connectivity index (χ2v) is 4.62. The summed E-state index contributed by atoms with van der Waals surface area (Å²) in [5, 5.41) is 7.56. The highest BCUT2D eigenvalue weighted by atomic mass is 15.3. The van der Waals surface area contributed by atoms with Crippen LogP contribution in [0.25, 0.3) is 11.3 Å². The lowest BCUT2D eigenvalue weighted by molar-refractivity contribution is 0.608. The largest absolute Gasteiger partial charge is 0.317 e. The van der Waals surface area contributed by atoms with Crippen LogP contribution in [0.2, 0.25) is 0 Å². The number of benzene rings is 1. The minimum absolute atomic E-state index is 0.511. The molecule has 0 aliphatic carbocycles. The van der Waals surface area contributed by atoms with Gasteiger partial charge in [-0.05, 0) is 44.5 Å². The second-order valence-electron chi connectivity index (χ2n) is 4.62. The van der Waals surface area contributed by atoms with E-state index in [0.717, 1.165) is 13.0 Å². The molecule has 0 fully saturated rings. The molecule has 1 aromatic heterocycles. The SMILES string of the molecule is CCn1nccc1-c1ccc(CC(C)NC)cc1. The van der Waals surface area contributed by atoms with Gasteiger partial charge in [0.05, 0.1) is 5.69 Å². The number of rotatable bonds is 5. The van der Waals surface area contributed by atoms with Crippen molar-refractivity contribution in [1.29, 1.82) is 0 Å². The van der Waals surface area contributed by atoms with E-state index < -0.39 is 0 Å². The molecule has 0 radical (unpaired) electrons. The van der Waals surface area contributed by atoms with Crippen LogP contribution in [-0.2, 0) is 13.0 Å². The van der Waals surface area contributed by atoms with Gasteiger partial charge in [0.1, 0.15) is 0 Å². The molecule has 1 N–H and O–H groups in total. The first-order valence-electron chi connectivity index (χ1n) is 6.53. The highest BCUT2D eigenvalue weighted by Gasteiger charge is 2.05.